The van der Waals surface area contributed by atoms with E-state index in [-0.39, 0.29) is 29.3 Å². The lowest BCUT2D eigenvalue weighted by Gasteiger charge is -2.18. The third-order valence-corrected chi connectivity index (χ3v) is 4.64. The maximum absolute atomic E-state index is 11.9. The second-order valence-corrected chi connectivity index (χ2v) is 6.33. The molecule has 0 saturated heterocycles. The summed E-state index contributed by atoms with van der Waals surface area (Å²) in [5.74, 6) is -0.0226. The van der Waals surface area contributed by atoms with Crippen LogP contribution in [-0.4, -0.2) is 40.5 Å². The fraction of sp³-hybridized carbons (Fsp3) is 0.294. The van der Waals surface area contributed by atoms with Crippen LogP contribution >= 0.6 is 11.8 Å². The molecule has 0 aliphatic heterocycles. The maximum atomic E-state index is 11.9. The van der Waals surface area contributed by atoms with Gasteiger partial charge in [0.05, 0.1) is 24.3 Å². The number of benzene rings is 1. The van der Waals surface area contributed by atoms with Gasteiger partial charge < -0.3 is 4.74 Å². The minimum atomic E-state index is -0.352. The van der Waals surface area contributed by atoms with Crippen molar-refractivity contribution in [2.75, 3.05) is 23.9 Å². The van der Waals surface area contributed by atoms with Crippen LogP contribution in [-0.2, 0) is 27.2 Å². The highest BCUT2D eigenvalue weighted by atomic mass is 32.2. The Balaban J connectivity index is 1.68. The van der Waals surface area contributed by atoms with Gasteiger partial charge in [-0.05, 0) is 24.0 Å². The number of hydrogen-bond acceptors (Lipinski definition) is 6. The van der Waals surface area contributed by atoms with E-state index in [4.69, 9.17) is 0 Å². The van der Waals surface area contributed by atoms with Crippen molar-refractivity contribution in [2.24, 2.45) is 0 Å². The summed E-state index contributed by atoms with van der Waals surface area (Å²) < 4.78 is 4.53. The number of fused-ring (bicyclic) bond motifs is 3. The van der Waals surface area contributed by atoms with Crippen molar-refractivity contribution in [1.29, 1.82) is 0 Å². The highest BCUT2D eigenvalue weighted by Gasteiger charge is 2.18. The summed E-state index contributed by atoms with van der Waals surface area (Å²) in [6, 6.07) is 8.14. The molecule has 1 aromatic carbocycles. The quantitative estimate of drug-likeness (QED) is 0.837. The summed E-state index contributed by atoms with van der Waals surface area (Å²) in [4.78, 5) is 31.7. The first kappa shape index (κ1) is 16.4. The molecule has 1 amide bonds. The van der Waals surface area contributed by atoms with E-state index < -0.39 is 0 Å². The Bertz CT molecular complexity index is 779. The van der Waals surface area contributed by atoms with Gasteiger partial charge in [0.1, 0.15) is 0 Å². The second kappa shape index (κ2) is 7.44. The van der Waals surface area contributed by atoms with E-state index in [1.165, 1.54) is 24.4 Å². The van der Waals surface area contributed by atoms with Crippen molar-refractivity contribution >= 4 is 29.6 Å². The molecule has 1 aliphatic rings. The Hall–Kier alpha value is -2.41. The van der Waals surface area contributed by atoms with Gasteiger partial charge in [0.2, 0.25) is 11.9 Å². The number of thioether (sulfide) groups is 1. The largest absolute Gasteiger partial charge is 0.468 e. The first-order chi connectivity index (χ1) is 11.7. The molecule has 0 atom stereocenters. The third-order valence-electron chi connectivity index (χ3n) is 3.73. The zero-order valence-corrected chi connectivity index (χ0v) is 14.1. The average molecular weight is 343 g/mol. The summed E-state index contributed by atoms with van der Waals surface area (Å²) in [5.41, 5.74) is 4.32. The lowest BCUT2D eigenvalue weighted by Crippen LogP contribution is -2.18. The highest BCUT2D eigenvalue weighted by Crippen LogP contribution is 2.31. The number of carbonyl (C=O) groups excluding carboxylic acids is 2. The van der Waals surface area contributed by atoms with E-state index in [0.717, 1.165) is 29.7 Å². The van der Waals surface area contributed by atoms with Crippen LogP contribution in [0.25, 0.3) is 11.3 Å². The normalized spacial score (nSPS) is 12.0. The van der Waals surface area contributed by atoms with Crippen molar-refractivity contribution in [1.82, 2.24) is 9.97 Å². The number of esters is 1. The molecule has 0 radical (unpaired) electrons. The van der Waals surface area contributed by atoms with E-state index in [1.54, 1.807) is 6.20 Å². The number of anilines is 1. The fourth-order valence-electron chi connectivity index (χ4n) is 2.57. The molecule has 0 saturated carbocycles. The Morgan fingerprint density at radius 2 is 2.00 bits per heavy atom. The molecule has 24 heavy (non-hydrogen) atoms. The molecule has 0 bridgehead atoms. The lowest BCUT2D eigenvalue weighted by molar-refractivity contribution is -0.137. The number of ether oxygens (including phenoxy) is 1. The Morgan fingerprint density at radius 3 is 2.83 bits per heavy atom. The molecule has 0 spiro atoms. The van der Waals surface area contributed by atoms with Crippen LogP contribution in [0.15, 0.2) is 30.5 Å². The number of rotatable bonds is 5. The zero-order valence-electron chi connectivity index (χ0n) is 13.2. The van der Waals surface area contributed by atoms with E-state index in [1.807, 2.05) is 18.2 Å². The van der Waals surface area contributed by atoms with E-state index in [9.17, 15) is 9.59 Å². The molecule has 0 unspecified atom stereocenters. The molecule has 1 aromatic heterocycles. The molecule has 3 rings (SSSR count). The first-order valence-electron chi connectivity index (χ1n) is 7.56. The second-order valence-electron chi connectivity index (χ2n) is 5.34. The Morgan fingerprint density at radius 1 is 1.21 bits per heavy atom. The number of aromatic nitrogens is 2. The molecule has 2 aromatic rings. The predicted molar refractivity (Wildman–Crippen MR) is 92.8 cm³/mol. The van der Waals surface area contributed by atoms with E-state index in [2.05, 4.69) is 26.1 Å². The molecule has 124 valence electrons. The van der Waals surface area contributed by atoms with Gasteiger partial charge in [0.15, 0.2) is 0 Å². The summed E-state index contributed by atoms with van der Waals surface area (Å²) in [7, 11) is 1.32. The Kier molecular flexibility index (Phi) is 5.10. The van der Waals surface area contributed by atoms with Crippen LogP contribution in [0.2, 0.25) is 0 Å². The van der Waals surface area contributed by atoms with Crippen molar-refractivity contribution in [3.8, 4) is 11.3 Å². The average Bonchev–Trinajstić information content (AvgIpc) is 2.61. The predicted octanol–water partition coefficient (Wildman–Crippen LogP) is 2.09. The molecule has 1 heterocycles. The molecular weight excluding hydrogens is 326 g/mol. The molecule has 0 fully saturated rings. The van der Waals surface area contributed by atoms with Crippen molar-refractivity contribution < 1.29 is 14.3 Å². The standard InChI is InChI=1S/C17H17N3O3S/c1-23-15(22)10-24-9-14(21)19-17-18-8-12-7-6-11-4-2-3-5-13(11)16(12)20-17/h2-5,8H,6-7,9-10H2,1H3,(H,18,19,20,21). The summed E-state index contributed by atoms with van der Waals surface area (Å²) >= 11 is 1.19. The minimum Gasteiger partial charge on any atom is -0.468 e. The highest BCUT2D eigenvalue weighted by molar-refractivity contribution is 8.00. The van der Waals surface area contributed by atoms with Gasteiger partial charge in [-0.2, -0.15) is 0 Å². The van der Waals surface area contributed by atoms with Crippen molar-refractivity contribution in [3.05, 3.63) is 41.6 Å². The zero-order chi connectivity index (χ0) is 16.9. The summed E-state index contributed by atoms with van der Waals surface area (Å²) in [6.45, 7) is 0. The molecule has 1 aliphatic carbocycles. The first-order valence-corrected chi connectivity index (χ1v) is 8.71. The molecule has 7 heteroatoms. The smallest absolute Gasteiger partial charge is 0.315 e. The number of nitrogens with one attached hydrogen (secondary N) is 1. The van der Waals surface area contributed by atoms with Gasteiger partial charge in [0.25, 0.3) is 0 Å². The number of carbonyl (C=O) groups is 2. The summed E-state index contributed by atoms with van der Waals surface area (Å²) in [5, 5.41) is 2.68. The van der Waals surface area contributed by atoms with Crippen LogP contribution in [0.3, 0.4) is 0 Å². The van der Waals surface area contributed by atoms with E-state index in [0.29, 0.717) is 0 Å². The number of hydrogen-bond donors (Lipinski definition) is 1. The van der Waals surface area contributed by atoms with Crippen molar-refractivity contribution in [3.63, 3.8) is 0 Å². The molecular formula is C17H17N3O3S. The van der Waals surface area contributed by atoms with Gasteiger partial charge in [-0.1, -0.05) is 24.3 Å². The number of aryl methyl sites for hydroxylation is 2. The number of amides is 1. The van der Waals surface area contributed by atoms with Gasteiger partial charge in [-0.15, -0.1) is 11.8 Å². The van der Waals surface area contributed by atoms with Crippen LogP contribution < -0.4 is 5.32 Å². The lowest BCUT2D eigenvalue weighted by atomic mass is 9.90. The van der Waals surface area contributed by atoms with Crippen LogP contribution in [0.1, 0.15) is 11.1 Å². The van der Waals surface area contributed by atoms with Gasteiger partial charge in [-0.25, -0.2) is 9.97 Å². The van der Waals surface area contributed by atoms with Crippen molar-refractivity contribution in [2.45, 2.75) is 12.8 Å². The van der Waals surface area contributed by atoms with Crippen LogP contribution in [0.4, 0.5) is 5.95 Å². The third kappa shape index (κ3) is 3.73. The maximum Gasteiger partial charge on any atom is 0.315 e. The van der Waals surface area contributed by atoms with Crippen LogP contribution in [0, 0.1) is 0 Å². The molecule has 6 nitrogen and oxygen atoms in total. The molecule has 1 N–H and O–H groups in total. The monoisotopic (exact) mass is 343 g/mol. The van der Waals surface area contributed by atoms with Gasteiger partial charge in [-0.3, -0.25) is 14.9 Å². The van der Waals surface area contributed by atoms with Crippen LogP contribution in [0.5, 0.6) is 0 Å². The van der Waals surface area contributed by atoms with Gasteiger partial charge in [0, 0.05) is 11.8 Å². The summed E-state index contributed by atoms with van der Waals surface area (Å²) in [6.07, 6.45) is 3.65. The Labute approximate surface area is 144 Å². The van der Waals surface area contributed by atoms with E-state index >= 15 is 0 Å². The SMILES string of the molecule is COC(=O)CSCC(=O)Nc1ncc2c(n1)-c1ccccc1CC2. The topological polar surface area (TPSA) is 81.2 Å². The number of methoxy groups -OCH3 is 1. The minimum absolute atomic E-state index is 0.141. The number of nitrogens with zero attached hydrogens (tertiary/aromatic N) is 2. The fourth-order valence-corrected chi connectivity index (χ4v) is 3.21. The van der Waals surface area contributed by atoms with Gasteiger partial charge >= 0.3 is 5.97 Å².